The Morgan fingerprint density at radius 1 is 1.08 bits per heavy atom. The molecule has 0 radical (unpaired) electrons. The van der Waals surface area contributed by atoms with Gasteiger partial charge in [0, 0.05) is 28.2 Å². The highest BCUT2D eigenvalue weighted by molar-refractivity contribution is 7.91. The van der Waals surface area contributed by atoms with Gasteiger partial charge in [-0.25, -0.2) is 12.8 Å². The second kappa shape index (κ2) is 11.2. The Morgan fingerprint density at radius 2 is 1.78 bits per heavy atom. The minimum atomic E-state index is -3.22. The monoisotopic (exact) mass is 549 g/mol. The van der Waals surface area contributed by atoms with Crippen LogP contribution in [0.3, 0.4) is 0 Å². The third kappa shape index (κ3) is 6.38. The minimum Gasteiger partial charge on any atom is -0.481 e. The quantitative estimate of drug-likeness (QED) is 0.337. The third-order valence-electron chi connectivity index (χ3n) is 6.22. The van der Waals surface area contributed by atoms with Crippen molar-refractivity contribution in [3.63, 3.8) is 0 Å². The maximum Gasteiger partial charge on any atom is 0.264 e. The van der Waals surface area contributed by atoms with Crippen molar-refractivity contribution in [3.8, 4) is 16.9 Å². The summed E-state index contributed by atoms with van der Waals surface area (Å²) in [7, 11) is -3.22. The van der Waals surface area contributed by atoms with E-state index in [9.17, 15) is 17.6 Å². The zero-order valence-electron chi connectivity index (χ0n) is 19.7. The van der Waals surface area contributed by atoms with E-state index in [-0.39, 0.29) is 24.0 Å². The molecule has 1 saturated heterocycles. The Labute approximate surface area is 220 Å². The molecular formula is C27H26Cl2FNO4S. The molecule has 4 rings (SSSR count). The van der Waals surface area contributed by atoms with Gasteiger partial charge in [-0.1, -0.05) is 60.5 Å². The van der Waals surface area contributed by atoms with Gasteiger partial charge in [0.05, 0.1) is 11.5 Å². The lowest BCUT2D eigenvalue weighted by Gasteiger charge is -2.32. The Morgan fingerprint density at radius 3 is 2.36 bits per heavy atom. The molecule has 0 N–H and O–H groups in total. The number of rotatable bonds is 8. The summed E-state index contributed by atoms with van der Waals surface area (Å²) >= 11 is 12.3. The van der Waals surface area contributed by atoms with Crippen LogP contribution in [0.4, 0.5) is 4.39 Å². The predicted octanol–water partition coefficient (Wildman–Crippen LogP) is 6.17. The molecule has 3 aromatic carbocycles. The molecule has 0 aromatic heterocycles. The molecule has 0 spiro atoms. The SMILES string of the molecule is CCC(Oc1ccc(F)cc1)C(=O)N(Cc1ccc(-c2ccc(Cl)cc2Cl)cc1)C1CCS(=O)(=O)C1. The molecule has 1 amide bonds. The van der Waals surface area contributed by atoms with Crippen LogP contribution in [0.15, 0.2) is 66.7 Å². The number of hydrogen-bond donors (Lipinski definition) is 0. The summed E-state index contributed by atoms with van der Waals surface area (Å²) in [6, 6.07) is 17.9. The smallest absolute Gasteiger partial charge is 0.264 e. The van der Waals surface area contributed by atoms with E-state index >= 15 is 0 Å². The second-order valence-corrected chi connectivity index (χ2v) is 11.9. The van der Waals surface area contributed by atoms with Crippen molar-refractivity contribution in [2.75, 3.05) is 11.5 Å². The van der Waals surface area contributed by atoms with Crippen molar-refractivity contribution in [2.24, 2.45) is 0 Å². The number of nitrogens with zero attached hydrogens (tertiary/aromatic N) is 1. The highest BCUT2D eigenvalue weighted by Gasteiger charge is 2.37. The van der Waals surface area contributed by atoms with Crippen molar-refractivity contribution in [1.82, 2.24) is 4.90 Å². The first kappa shape index (κ1) is 26.5. The van der Waals surface area contributed by atoms with Gasteiger partial charge in [0.1, 0.15) is 11.6 Å². The second-order valence-electron chi connectivity index (χ2n) is 8.81. The summed E-state index contributed by atoms with van der Waals surface area (Å²) < 4.78 is 43.6. The minimum absolute atomic E-state index is 0.0467. The van der Waals surface area contributed by atoms with Crippen LogP contribution in [-0.4, -0.2) is 42.9 Å². The molecule has 3 aromatic rings. The van der Waals surface area contributed by atoms with Gasteiger partial charge in [-0.2, -0.15) is 0 Å². The summed E-state index contributed by atoms with van der Waals surface area (Å²) in [5.74, 6) is -0.355. The molecule has 0 bridgehead atoms. The summed E-state index contributed by atoms with van der Waals surface area (Å²) in [6.07, 6.45) is -0.0782. The highest BCUT2D eigenvalue weighted by atomic mass is 35.5. The number of carbonyl (C=O) groups is 1. The van der Waals surface area contributed by atoms with Crippen LogP contribution >= 0.6 is 23.2 Å². The Kier molecular flexibility index (Phi) is 8.23. The molecule has 190 valence electrons. The molecule has 1 aliphatic rings. The van der Waals surface area contributed by atoms with Crippen LogP contribution in [-0.2, 0) is 21.2 Å². The first-order chi connectivity index (χ1) is 17.1. The maximum absolute atomic E-state index is 13.6. The van der Waals surface area contributed by atoms with Gasteiger partial charge in [-0.3, -0.25) is 4.79 Å². The standard InChI is InChI=1S/C27H26Cl2FNO4S/c1-2-26(35-23-10-8-21(30)9-11-23)27(32)31(22-13-14-36(33,34)17-22)16-18-3-5-19(6-4-18)24-12-7-20(28)15-25(24)29/h3-12,15,22,26H,2,13-14,16-17H2,1H3. The number of benzene rings is 3. The van der Waals surface area contributed by atoms with Crippen LogP contribution in [0.1, 0.15) is 25.3 Å². The molecule has 1 heterocycles. The largest absolute Gasteiger partial charge is 0.481 e. The zero-order chi connectivity index (χ0) is 25.9. The average molecular weight is 550 g/mol. The van der Waals surface area contributed by atoms with Gasteiger partial charge in [0.2, 0.25) is 0 Å². The van der Waals surface area contributed by atoms with Gasteiger partial charge >= 0.3 is 0 Å². The summed E-state index contributed by atoms with van der Waals surface area (Å²) in [5.41, 5.74) is 2.58. The summed E-state index contributed by atoms with van der Waals surface area (Å²) in [6.45, 7) is 2.05. The zero-order valence-corrected chi connectivity index (χ0v) is 22.0. The van der Waals surface area contributed by atoms with Crippen molar-refractivity contribution in [3.05, 3.63) is 88.2 Å². The fourth-order valence-electron chi connectivity index (χ4n) is 4.29. The number of sulfone groups is 1. The third-order valence-corrected chi connectivity index (χ3v) is 8.52. The molecule has 0 saturated carbocycles. The van der Waals surface area contributed by atoms with Gasteiger partial charge < -0.3 is 9.64 Å². The Balaban J connectivity index is 1.57. The lowest BCUT2D eigenvalue weighted by molar-refractivity contribution is -0.141. The highest BCUT2D eigenvalue weighted by Crippen LogP contribution is 2.31. The van der Waals surface area contributed by atoms with E-state index in [2.05, 4.69) is 0 Å². The normalized spacial score (nSPS) is 17.5. The average Bonchev–Trinajstić information content (AvgIpc) is 3.21. The number of amides is 1. The molecular weight excluding hydrogens is 524 g/mol. The molecule has 9 heteroatoms. The first-order valence-corrected chi connectivity index (χ1v) is 14.2. The maximum atomic E-state index is 13.6. The van der Waals surface area contributed by atoms with Crippen LogP contribution in [0, 0.1) is 5.82 Å². The molecule has 2 atom stereocenters. The predicted molar refractivity (Wildman–Crippen MR) is 141 cm³/mol. The molecule has 1 fully saturated rings. The molecule has 5 nitrogen and oxygen atoms in total. The van der Waals surface area contributed by atoms with Crippen molar-refractivity contribution in [2.45, 2.75) is 38.5 Å². The molecule has 36 heavy (non-hydrogen) atoms. The first-order valence-electron chi connectivity index (χ1n) is 11.6. The summed E-state index contributed by atoms with van der Waals surface area (Å²) in [5, 5.41) is 1.08. The number of hydrogen-bond acceptors (Lipinski definition) is 4. The van der Waals surface area contributed by atoms with Crippen LogP contribution in [0.25, 0.3) is 11.1 Å². The van der Waals surface area contributed by atoms with Crippen molar-refractivity contribution >= 4 is 38.9 Å². The van der Waals surface area contributed by atoms with Gasteiger partial charge in [-0.15, -0.1) is 0 Å². The number of ether oxygens (including phenoxy) is 1. The van der Waals surface area contributed by atoms with Crippen molar-refractivity contribution < 1.29 is 22.3 Å². The van der Waals surface area contributed by atoms with Gasteiger partial charge in [0.25, 0.3) is 5.91 Å². The topological polar surface area (TPSA) is 63.7 Å². The van der Waals surface area contributed by atoms with E-state index in [0.717, 1.165) is 16.7 Å². The fourth-order valence-corrected chi connectivity index (χ4v) is 6.54. The van der Waals surface area contributed by atoms with E-state index in [4.69, 9.17) is 27.9 Å². The van der Waals surface area contributed by atoms with E-state index in [1.807, 2.05) is 37.3 Å². The van der Waals surface area contributed by atoms with Crippen molar-refractivity contribution in [1.29, 1.82) is 0 Å². The van der Waals surface area contributed by atoms with E-state index < -0.39 is 27.8 Å². The molecule has 1 aliphatic heterocycles. The van der Waals surface area contributed by atoms with Crippen LogP contribution < -0.4 is 4.74 Å². The molecule has 2 unspecified atom stereocenters. The molecule has 0 aliphatic carbocycles. The van der Waals surface area contributed by atoms with E-state index in [1.165, 1.54) is 24.3 Å². The Bertz CT molecular complexity index is 1330. The lowest BCUT2D eigenvalue weighted by atomic mass is 10.0. The Hall–Kier alpha value is -2.61. The van der Waals surface area contributed by atoms with E-state index in [0.29, 0.717) is 28.6 Å². The van der Waals surface area contributed by atoms with Crippen LogP contribution in [0.2, 0.25) is 10.0 Å². The summed E-state index contributed by atoms with van der Waals surface area (Å²) in [4.78, 5) is 15.2. The van der Waals surface area contributed by atoms with E-state index in [1.54, 1.807) is 17.0 Å². The number of halogens is 3. The van der Waals surface area contributed by atoms with Gasteiger partial charge in [0.15, 0.2) is 15.9 Å². The van der Waals surface area contributed by atoms with Crippen LogP contribution in [0.5, 0.6) is 5.75 Å². The fraction of sp³-hybridized carbons (Fsp3) is 0.296. The lowest BCUT2D eigenvalue weighted by Crippen LogP contribution is -2.47. The number of carbonyl (C=O) groups excluding carboxylic acids is 1. The van der Waals surface area contributed by atoms with Gasteiger partial charge in [-0.05, 0) is 60.4 Å².